The lowest BCUT2D eigenvalue weighted by molar-refractivity contribution is 0.343. The van der Waals surface area contributed by atoms with Crippen LogP contribution in [0.5, 0.6) is 0 Å². The average molecular weight is 376 g/mol. The molecule has 2 saturated heterocycles. The summed E-state index contributed by atoms with van der Waals surface area (Å²) >= 11 is 0. The van der Waals surface area contributed by atoms with Crippen molar-refractivity contribution in [3.8, 4) is 5.82 Å². The highest BCUT2D eigenvalue weighted by Crippen LogP contribution is 2.21. The summed E-state index contributed by atoms with van der Waals surface area (Å²) in [5, 5.41) is 0. The van der Waals surface area contributed by atoms with E-state index in [1.165, 1.54) is 0 Å². The molecule has 2 aromatic heterocycles. The third-order valence-corrected chi connectivity index (χ3v) is 7.00. The Labute approximate surface area is 154 Å². The molecule has 4 heterocycles. The Morgan fingerprint density at radius 3 is 2.08 bits per heavy atom. The molecule has 8 nitrogen and oxygen atoms in total. The lowest BCUT2D eigenvalue weighted by Crippen LogP contribution is -2.52. The largest absolute Gasteiger partial charge is 0.354 e. The van der Waals surface area contributed by atoms with Crippen LogP contribution in [0.25, 0.3) is 5.82 Å². The molecular formula is C17H24N6O2S. The fourth-order valence-electron chi connectivity index (χ4n) is 3.55. The molecule has 0 aliphatic carbocycles. The molecule has 2 fully saturated rings. The maximum absolute atomic E-state index is 12.7. The molecule has 140 valence electrons. The maximum atomic E-state index is 12.7. The molecule has 0 aromatic carbocycles. The summed E-state index contributed by atoms with van der Waals surface area (Å²) in [6, 6.07) is 5.87. The summed E-state index contributed by atoms with van der Waals surface area (Å²) in [6.45, 7) is 5.41. The first-order valence-electron chi connectivity index (χ1n) is 9.03. The first-order valence-corrected chi connectivity index (χ1v) is 10.4. The van der Waals surface area contributed by atoms with Crippen molar-refractivity contribution >= 4 is 16.0 Å². The van der Waals surface area contributed by atoms with Crippen LogP contribution in [0.1, 0.15) is 18.7 Å². The van der Waals surface area contributed by atoms with E-state index >= 15 is 0 Å². The molecular weight excluding hydrogens is 352 g/mol. The molecule has 2 aliphatic rings. The second kappa shape index (κ2) is 6.98. The summed E-state index contributed by atoms with van der Waals surface area (Å²) < 4.78 is 30.6. The van der Waals surface area contributed by atoms with Crippen LogP contribution in [0.2, 0.25) is 0 Å². The third kappa shape index (κ3) is 3.34. The molecule has 0 spiro atoms. The first-order chi connectivity index (χ1) is 12.5. The van der Waals surface area contributed by atoms with Gasteiger partial charge < -0.3 is 9.47 Å². The zero-order chi connectivity index (χ0) is 18.1. The van der Waals surface area contributed by atoms with Gasteiger partial charge in [-0.2, -0.15) is 17.0 Å². The predicted molar refractivity (Wildman–Crippen MR) is 99.6 cm³/mol. The lowest BCUT2D eigenvalue weighted by atomic mass is 10.3. The Kier molecular flexibility index (Phi) is 4.68. The number of piperazine rings is 1. The molecule has 4 rings (SSSR count). The molecule has 0 amide bonds. The van der Waals surface area contributed by atoms with Crippen molar-refractivity contribution in [2.24, 2.45) is 0 Å². The molecule has 0 atom stereocenters. The van der Waals surface area contributed by atoms with Gasteiger partial charge in [-0.15, -0.1) is 0 Å². The number of hydrogen-bond donors (Lipinski definition) is 0. The van der Waals surface area contributed by atoms with Crippen LogP contribution >= 0.6 is 0 Å². The number of aryl methyl sites for hydroxylation is 1. The molecule has 0 unspecified atom stereocenters. The van der Waals surface area contributed by atoms with E-state index in [2.05, 4.69) is 14.9 Å². The summed E-state index contributed by atoms with van der Waals surface area (Å²) in [5.74, 6) is 2.38. The molecule has 0 saturated carbocycles. The van der Waals surface area contributed by atoms with Crippen molar-refractivity contribution in [3.05, 3.63) is 36.4 Å². The van der Waals surface area contributed by atoms with Gasteiger partial charge in [0.1, 0.15) is 17.5 Å². The Hall–Kier alpha value is -1.97. The van der Waals surface area contributed by atoms with Crippen LogP contribution in [0.4, 0.5) is 5.82 Å². The van der Waals surface area contributed by atoms with Crippen molar-refractivity contribution in [1.29, 1.82) is 0 Å². The van der Waals surface area contributed by atoms with Gasteiger partial charge in [-0.05, 0) is 31.9 Å². The van der Waals surface area contributed by atoms with E-state index in [-0.39, 0.29) is 0 Å². The molecule has 0 radical (unpaired) electrons. The fraction of sp³-hybridized carbons (Fsp3) is 0.529. The minimum Gasteiger partial charge on any atom is -0.354 e. The highest BCUT2D eigenvalue weighted by Gasteiger charge is 2.34. The maximum Gasteiger partial charge on any atom is 0.282 e. The normalized spacial score (nSPS) is 20.0. The van der Waals surface area contributed by atoms with E-state index < -0.39 is 10.2 Å². The van der Waals surface area contributed by atoms with Gasteiger partial charge in [0, 0.05) is 57.7 Å². The standard InChI is InChI=1S/C17H24N6O2S/c1-15-18-16(20-6-2-3-7-20)14-17(19-15)21-10-12-23(13-11-21)26(24,25)22-8-4-5-9-22/h2-3,6-7,14H,4-5,8-13H2,1H3. The van der Waals surface area contributed by atoms with Crippen molar-refractivity contribution in [2.45, 2.75) is 19.8 Å². The van der Waals surface area contributed by atoms with Gasteiger partial charge in [0.25, 0.3) is 10.2 Å². The lowest BCUT2D eigenvalue weighted by Gasteiger charge is -2.36. The second-order valence-electron chi connectivity index (χ2n) is 6.72. The first kappa shape index (κ1) is 17.4. The molecule has 2 aliphatic heterocycles. The van der Waals surface area contributed by atoms with Gasteiger partial charge in [0.15, 0.2) is 0 Å². The van der Waals surface area contributed by atoms with E-state index in [1.807, 2.05) is 42.1 Å². The number of hydrogen-bond acceptors (Lipinski definition) is 5. The molecule has 9 heteroatoms. The van der Waals surface area contributed by atoms with Gasteiger partial charge in [-0.1, -0.05) is 0 Å². The van der Waals surface area contributed by atoms with Gasteiger partial charge in [0.05, 0.1) is 0 Å². The molecule has 0 N–H and O–H groups in total. The van der Waals surface area contributed by atoms with Crippen LogP contribution < -0.4 is 4.90 Å². The topological polar surface area (TPSA) is 74.6 Å². The van der Waals surface area contributed by atoms with E-state index in [1.54, 1.807) is 8.61 Å². The Bertz CT molecular complexity index is 853. The number of anilines is 1. The van der Waals surface area contributed by atoms with Gasteiger partial charge in [0.2, 0.25) is 0 Å². The third-order valence-electron chi connectivity index (χ3n) is 4.96. The number of aromatic nitrogens is 3. The number of nitrogens with zero attached hydrogens (tertiary/aromatic N) is 6. The van der Waals surface area contributed by atoms with Crippen molar-refractivity contribution < 1.29 is 8.42 Å². The highest BCUT2D eigenvalue weighted by molar-refractivity contribution is 7.86. The zero-order valence-electron chi connectivity index (χ0n) is 15.0. The zero-order valence-corrected chi connectivity index (χ0v) is 15.8. The van der Waals surface area contributed by atoms with E-state index in [9.17, 15) is 8.42 Å². The van der Waals surface area contributed by atoms with Crippen LogP contribution in [0, 0.1) is 6.92 Å². The quantitative estimate of drug-likeness (QED) is 0.797. The SMILES string of the molecule is Cc1nc(N2CCN(S(=O)(=O)N3CCCC3)CC2)cc(-n2cccc2)n1. The van der Waals surface area contributed by atoms with Gasteiger partial charge in [-0.3, -0.25) is 0 Å². The van der Waals surface area contributed by atoms with Crippen LogP contribution in [0.3, 0.4) is 0 Å². The van der Waals surface area contributed by atoms with Gasteiger partial charge in [-0.25, -0.2) is 9.97 Å². The molecule has 2 aromatic rings. The monoisotopic (exact) mass is 376 g/mol. The Morgan fingerprint density at radius 1 is 0.846 bits per heavy atom. The Balaban J connectivity index is 1.48. The van der Waals surface area contributed by atoms with Crippen LogP contribution in [-0.4, -0.2) is 70.8 Å². The van der Waals surface area contributed by atoms with Crippen molar-refractivity contribution in [3.63, 3.8) is 0 Å². The molecule has 0 bridgehead atoms. The highest BCUT2D eigenvalue weighted by atomic mass is 32.2. The fourth-order valence-corrected chi connectivity index (χ4v) is 5.22. The van der Waals surface area contributed by atoms with E-state index in [0.717, 1.165) is 24.5 Å². The number of rotatable bonds is 4. The Morgan fingerprint density at radius 2 is 1.42 bits per heavy atom. The molecule has 26 heavy (non-hydrogen) atoms. The summed E-state index contributed by atoms with van der Waals surface area (Å²) in [5.41, 5.74) is 0. The summed E-state index contributed by atoms with van der Waals surface area (Å²) in [4.78, 5) is 11.2. The van der Waals surface area contributed by atoms with Crippen molar-refractivity contribution in [2.75, 3.05) is 44.2 Å². The summed E-state index contributed by atoms with van der Waals surface area (Å²) in [7, 11) is -3.32. The van der Waals surface area contributed by atoms with Gasteiger partial charge >= 0.3 is 0 Å². The average Bonchev–Trinajstić information content (AvgIpc) is 3.35. The summed E-state index contributed by atoms with van der Waals surface area (Å²) in [6.07, 6.45) is 5.82. The van der Waals surface area contributed by atoms with Crippen molar-refractivity contribution in [1.82, 2.24) is 23.1 Å². The van der Waals surface area contributed by atoms with Crippen LogP contribution in [-0.2, 0) is 10.2 Å². The predicted octanol–water partition coefficient (Wildman–Crippen LogP) is 1.04. The minimum atomic E-state index is -3.32. The van der Waals surface area contributed by atoms with Crippen LogP contribution in [0.15, 0.2) is 30.6 Å². The second-order valence-corrected chi connectivity index (χ2v) is 8.65. The minimum absolute atomic E-state index is 0.487. The van der Waals surface area contributed by atoms with E-state index in [4.69, 9.17) is 0 Å². The van der Waals surface area contributed by atoms with E-state index in [0.29, 0.717) is 45.1 Å². The smallest absolute Gasteiger partial charge is 0.282 e.